The molecule has 1 saturated heterocycles. The van der Waals surface area contributed by atoms with Crippen molar-refractivity contribution in [2.45, 2.75) is 38.4 Å². The summed E-state index contributed by atoms with van der Waals surface area (Å²) in [6.45, 7) is 7.12. The van der Waals surface area contributed by atoms with Crippen LogP contribution in [0.3, 0.4) is 0 Å². The Kier molecular flexibility index (Phi) is 7.67. The van der Waals surface area contributed by atoms with E-state index >= 15 is 0 Å². The lowest BCUT2D eigenvalue weighted by Crippen LogP contribution is -2.34. The Bertz CT molecular complexity index is 746. The molecule has 0 saturated carbocycles. The number of hydrogen-bond acceptors (Lipinski definition) is 6. The maximum Gasteiger partial charge on any atom is 0.147 e. The van der Waals surface area contributed by atoms with Crippen molar-refractivity contribution in [3.8, 4) is 5.75 Å². The number of aromatic nitrogens is 3. The van der Waals surface area contributed by atoms with Gasteiger partial charge in [-0.1, -0.05) is 18.2 Å². The first-order valence-electron chi connectivity index (χ1n) is 9.90. The summed E-state index contributed by atoms with van der Waals surface area (Å²) in [7, 11) is 1.70. The van der Waals surface area contributed by atoms with Gasteiger partial charge in [-0.05, 0) is 32.0 Å². The molecule has 2 aromatic rings. The van der Waals surface area contributed by atoms with Crippen molar-refractivity contribution in [2.75, 3.05) is 40.0 Å². The van der Waals surface area contributed by atoms with E-state index in [0.717, 1.165) is 63.7 Å². The van der Waals surface area contributed by atoms with Gasteiger partial charge in [0, 0.05) is 38.2 Å². The number of likely N-dealkylation sites (tertiary alicyclic amines) is 1. The van der Waals surface area contributed by atoms with Crippen molar-refractivity contribution in [3.05, 3.63) is 41.5 Å². The molecule has 1 N–H and O–H groups in total. The van der Waals surface area contributed by atoms with Crippen molar-refractivity contribution >= 4 is 12.4 Å². The van der Waals surface area contributed by atoms with Crippen LogP contribution in [0.5, 0.6) is 5.75 Å². The topological polar surface area (TPSA) is 64.4 Å². The first-order chi connectivity index (χ1) is 13.3. The van der Waals surface area contributed by atoms with Crippen LogP contribution in [0.25, 0.3) is 0 Å². The highest BCUT2D eigenvalue weighted by atomic mass is 35.5. The summed E-state index contributed by atoms with van der Waals surface area (Å²) in [6.07, 6.45) is 2.27. The van der Waals surface area contributed by atoms with Crippen molar-refractivity contribution in [1.82, 2.24) is 25.0 Å². The first-order valence-corrected chi connectivity index (χ1v) is 9.90. The molecule has 0 radical (unpaired) electrons. The lowest BCUT2D eigenvalue weighted by atomic mass is 9.95. The minimum atomic E-state index is 0. The third-order valence-electron chi connectivity index (χ3n) is 5.52. The van der Waals surface area contributed by atoms with Gasteiger partial charge in [0.25, 0.3) is 0 Å². The molecule has 28 heavy (non-hydrogen) atoms. The van der Waals surface area contributed by atoms with Gasteiger partial charge in [0.2, 0.25) is 0 Å². The normalized spacial score (nSPS) is 17.8. The van der Waals surface area contributed by atoms with Gasteiger partial charge in [-0.15, -0.1) is 22.6 Å². The zero-order valence-corrected chi connectivity index (χ0v) is 17.3. The van der Waals surface area contributed by atoms with Crippen molar-refractivity contribution < 1.29 is 9.47 Å². The molecule has 8 heteroatoms. The van der Waals surface area contributed by atoms with Crippen LogP contribution in [0.1, 0.15) is 36.0 Å². The Balaban J connectivity index is 0.00000225. The fraction of sp³-hybridized carbons (Fsp3) is 0.600. The van der Waals surface area contributed by atoms with E-state index in [9.17, 15) is 0 Å². The van der Waals surface area contributed by atoms with Crippen LogP contribution < -0.4 is 10.1 Å². The third-order valence-corrected chi connectivity index (χ3v) is 5.52. The maximum absolute atomic E-state index is 5.88. The number of ether oxygens (including phenoxy) is 2. The van der Waals surface area contributed by atoms with Gasteiger partial charge in [-0.25, -0.2) is 0 Å². The molecule has 0 atom stereocenters. The second kappa shape index (κ2) is 10.2. The van der Waals surface area contributed by atoms with Crippen LogP contribution in [0.2, 0.25) is 0 Å². The molecule has 0 unspecified atom stereocenters. The number of halogens is 1. The monoisotopic (exact) mass is 407 g/mol. The predicted octanol–water partition coefficient (Wildman–Crippen LogP) is 2.21. The van der Waals surface area contributed by atoms with Crippen LogP contribution in [0.4, 0.5) is 0 Å². The van der Waals surface area contributed by atoms with E-state index in [-0.39, 0.29) is 12.4 Å². The minimum Gasteiger partial charge on any atom is -0.491 e. The van der Waals surface area contributed by atoms with Crippen molar-refractivity contribution in [3.63, 3.8) is 0 Å². The van der Waals surface area contributed by atoms with Crippen LogP contribution in [-0.4, -0.2) is 59.6 Å². The molecule has 2 aliphatic rings. The summed E-state index contributed by atoms with van der Waals surface area (Å²) in [5.41, 5.74) is 1.25. The molecule has 4 rings (SSSR count). The summed E-state index contributed by atoms with van der Waals surface area (Å²) in [6, 6.07) is 8.33. The quantitative estimate of drug-likeness (QED) is 0.710. The SMILES string of the molecule is COCCOc1ccccc1CN1CCC(c2nnc3n2CCNC3)CC1.Cl. The Morgan fingerprint density at radius 2 is 1.93 bits per heavy atom. The fourth-order valence-electron chi connectivity index (χ4n) is 4.02. The average molecular weight is 408 g/mol. The molecule has 0 amide bonds. The second-order valence-electron chi connectivity index (χ2n) is 7.30. The molecule has 2 aliphatic heterocycles. The van der Waals surface area contributed by atoms with Crippen LogP contribution in [0, 0.1) is 0 Å². The highest BCUT2D eigenvalue weighted by Gasteiger charge is 2.27. The standard InChI is InChI=1S/C20H29N5O2.ClH/c1-26-12-13-27-18-5-3-2-4-17(18)15-24-9-6-16(7-10-24)20-23-22-19-14-21-8-11-25(19)20;/h2-5,16,21H,6-15H2,1H3;1H. The van der Waals surface area contributed by atoms with Gasteiger partial charge in [0.15, 0.2) is 0 Å². The van der Waals surface area contributed by atoms with E-state index in [2.05, 4.69) is 37.1 Å². The molecular formula is C20H30ClN5O2. The number of para-hydroxylation sites is 1. The average Bonchev–Trinajstić information content (AvgIpc) is 3.14. The summed E-state index contributed by atoms with van der Waals surface area (Å²) >= 11 is 0. The zero-order chi connectivity index (χ0) is 18.5. The molecular weight excluding hydrogens is 378 g/mol. The lowest BCUT2D eigenvalue weighted by molar-refractivity contribution is 0.144. The molecule has 1 aromatic carbocycles. The number of benzene rings is 1. The van der Waals surface area contributed by atoms with E-state index in [1.807, 2.05) is 12.1 Å². The number of nitrogens with zero attached hydrogens (tertiary/aromatic N) is 4. The molecule has 154 valence electrons. The lowest BCUT2D eigenvalue weighted by Gasteiger charge is -2.32. The van der Waals surface area contributed by atoms with Gasteiger partial charge >= 0.3 is 0 Å². The van der Waals surface area contributed by atoms with Crippen molar-refractivity contribution in [2.24, 2.45) is 0 Å². The van der Waals surface area contributed by atoms with Gasteiger partial charge in [0.1, 0.15) is 24.0 Å². The molecule has 0 bridgehead atoms. The van der Waals surface area contributed by atoms with Gasteiger partial charge in [-0.2, -0.15) is 0 Å². The highest BCUT2D eigenvalue weighted by Crippen LogP contribution is 2.29. The van der Waals surface area contributed by atoms with E-state index in [1.165, 1.54) is 11.4 Å². The molecule has 1 fully saturated rings. The Morgan fingerprint density at radius 3 is 2.75 bits per heavy atom. The minimum absolute atomic E-state index is 0. The molecule has 3 heterocycles. The largest absolute Gasteiger partial charge is 0.491 e. The number of methoxy groups -OCH3 is 1. The maximum atomic E-state index is 5.88. The van der Waals surface area contributed by atoms with Crippen LogP contribution in [-0.2, 0) is 24.4 Å². The fourth-order valence-corrected chi connectivity index (χ4v) is 4.02. The van der Waals surface area contributed by atoms with Crippen LogP contribution >= 0.6 is 12.4 Å². The molecule has 1 aromatic heterocycles. The van der Waals surface area contributed by atoms with E-state index in [1.54, 1.807) is 7.11 Å². The number of fused-ring (bicyclic) bond motifs is 1. The third kappa shape index (κ3) is 4.84. The Labute approximate surface area is 172 Å². The molecule has 0 spiro atoms. The number of rotatable bonds is 7. The zero-order valence-electron chi connectivity index (χ0n) is 16.5. The summed E-state index contributed by atoms with van der Waals surface area (Å²) in [5, 5.41) is 12.2. The van der Waals surface area contributed by atoms with Gasteiger partial charge < -0.3 is 19.4 Å². The number of hydrogen-bond donors (Lipinski definition) is 1. The van der Waals surface area contributed by atoms with E-state index in [4.69, 9.17) is 9.47 Å². The van der Waals surface area contributed by atoms with Gasteiger partial charge in [0.05, 0.1) is 13.2 Å². The number of nitrogens with one attached hydrogen (secondary N) is 1. The second-order valence-corrected chi connectivity index (χ2v) is 7.30. The van der Waals surface area contributed by atoms with Crippen molar-refractivity contribution in [1.29, 1.82) is 0 Å². The van der Waals surface area contributed by atoms with Gasteiger partial charge in [-0.3, -0.25) is 4.90 Å². The smallest absolute Gasteiger partial charge is 0.147 e. The highest BCUT2D eigenvalue weighted by molar-refractivity contribution is 5.85. The van der Waals surface area contributed by atoms with E-state index < -0.39 is 0 Å². The first kappa shape index (κ1) is 21.0. The Hall–Kier alpha value is -1.67. The summed E-state index contributed by atoms with van der Waals surface area (Å²) in [4.78, 5) is 2.52. The number of piperidine rings is 1. The molecule has 0 aliphatic carbocycles. The Morgan fingerprint density at radius 1 is 1.11 bits per heavy atom. The predicted molar refractivity (Wildman–Crippen MR) is 110 cm³/mol. The summed E-state index contributed by atoms with van der Waals surface area (Å²) in [5.74, 6) is 3.76. The molecule has 7 nitrogen and oxygen atoms in total. The summed E-state index contributed by atoms with van der Waals surface area (Å²) < 4.78 is 13.3. The van der Waals surface area contributed by atoms with E-state index in [0.29, 0.717) is 19.1 Å². The van der Waals surface area contributed by atoms with Crippen LogP contribution in [0.15, 0.2) is 24.3 Å².